The van der Waals surface area contributed by atoms with E-state index in [9.17, 15) is 9.59 Å². The van der Waals surface area contributed by atoms with Gasteiger partial charge in [0.25, 0.3) is 0 Å². The zero-order valence-electron chi connectivity index (χ0n) is 27.7. The maximum absolute atomic E-state index is 16.0. The molecule has 3 rings (SSSR count). The topological polar surface area (TPSA) is 73.9 Å². The highest BCUT2D eigenvalue weighted by molar-refractivity contribution is 5.74. The summed E-state index contributed by atoms with van der Waals surface area (Å²) < 4.78 is 33.2. The SMILES string of the molecule is CC(C)CCc1cc(COc2ccccc2CC(=O)OC(C)(C)C)cc(-c2cccc([C@@H](C)NC(=O)OC(C)(C)C)c2F)c1. The Kier molecular flexibility index (Phi) is 11.6. The molecule has 1 N–H and O–H groups in total. The molecule has 0 aromatic heterocycles. The average Bonchev–Trinajstić information content (AvgIpc) is 2.89. The molecular formula is C37H48FNO5. The molecule has 6 nitrogen and oxygen atoms in total. The van der Waals surface area contributed by atoms with E-state index in [2.05, 4.69) is 25.2 Å². The van der Waals surface area contributed by atoms with Crippen LogP contribution < -0.4 is 10.1 Å². The van der Waals surface area contributed by atoms with Crippen LogP contribution >= 0.6 is 0 Å². The Hall–Kier alpha value is -3.87. The number of rotatable bonds is 11. The number of aryl methyl sites for hydroxylation is 1. The van der Waals surface area contributed by atoms with Crippen molar-refractivity contribution in [3.63, 3.8) is 0 Å². The Bertz CT molecular complexity index is 1430. The van der Waals surface area contributed by atoms with Gasteiger partial charge in [-0.25, -0.2) is 9.18 Å². The Morgan fingerprint density at radius 2 is 1.50 bits per heavy atom. The second kappa shape index (κ2) is 14.7. The van der Waals surface area contributed by atoms with Gasteiger partial charge >= 0.3 is 12.1 Å². The molecule has 0 saturated carbocycles. The number of amides is 1. The molecule has 1 atom stereocenters. The van der Waals surface area contributed by atoms with E-state index in [-0.39, 0.29) is 19.0 Å². The summed E-state index contributed by atoms with van der Waals surface area (Å²) in [5.41, 5.74) is 3.03. The molecule has 44 heavy (non-hydrogen) atoms. The highest BCUT2D eigenvalue weighted by Gasteiger charge is 2.22. The Balaban J connectivity index is 1.90. The number of ether oxygens (including phenoxy) is 3. The fourth-order valence-corrected chi connectivity index (χ4v) is 4.76. The second-order valence-corrected chi connectivity index (χ2v) is 13.7. The molecule has 0 bridgehead atoms. The van der Waals surface area contributed by atoms with Gasteiger partial charge in [-0.1, -0.05) is 62.4 Å². The summed E-state index contributed by atoms with van der Waals surface area (Å²) in [7, 11) is 0. The number of hydrogen-bond donors (Lipinski definition) is 1. The predicted octanol–water partition coefficient (Wildman–Crippen LogP) is 9.13. The maximum atomic E-state index is 16.0. The lowest BCUT2D eigenvalue weighted by molar-refractivity contribution is -0.153. The van der Waals surface area contributed by atoms with Crippen LogP contribution in [-0.2, 0) is 33.7 Å². The van der Waals surface area contributed by atoms with E-state index in [1.165, 1.54) is 0 Å². The van der Waals surface area contributed by atoms with Gasteiger partial charge in [0.05, 0.1) is 12.5 Å². The molecule has 1 amide bonds. The third-order valence-corrected chi connectivity index (χ3v) is 6.72. The van der Waals surface area contributed by atoms with Crippen molar-refractivity contribution in [1.82, 2.24) is 5.32 Å². The standard InChI is InChI=1S/C37H48FNO5/c1-24(2)17-18-26-19-27(23-42-32-16-11-10-13-28(32)22-33(40)43-36(4,5)6)21-29(20-26)31-15-12-14-30(34(31)38)25(3)39-35(41)44-37(7,8)9/h10-16,19-21,24-25H,17-18,22-23H2,1-9H3,(H,39,41)/t25-/m1/s1. The van der Waals surface area contributed by atoms with Crippen molar-refractivity contribution in [1.29, 1.82) is 0 Å². The van der Waals surface area contributed by atoms with Crippen LogP contribution in [-0.4, -0.2) is 23.3 Å². The summed E-state index contributed by atoms with van der Waals surface area (Å²) in [4.78, 5) is 24.9. The van der Waals surface area contributed by atoms with E-state index < -0.39 is 29.2 Å². The smallest absolute Gasteiger partial charge is 0.408 e. The first-order valence-electron chi connectivity index (χ1n) is 15.3. The average molecular weight is 606 g/mol. The van der Waals surface area contributed by atoms with E-state index in [1.54, 1.807) is 45.9 Å². The van der Waals surface area contributed by atoms with Gasteiger partial charge in [0.1, 0.15) is 29.4 Å². The monoisotopic (exact) mass is 605 g/mol. The van der Waals surface area contributed by atoms with Crippen LogP contribution in [0.15, 0.2) is 60.7 Å². The molecule has 0 heterocycles. The largest absolute Gasteiger partial charge is 0.489 e. The second-order valence-electron chi connectivity index (χ2n) is 13.7. The van der Waals surface area contributed by atoms with Crippen molar-refractivity contribution in [2.24, 2.45) is 5.92 Å². The van der Waals surface area contributed by atoms with Crippen molar-refractivity contribution in [3.05, 3.63) is 88.7 Å². The minimum atomic E-state index is -0.657. The first-order valence-corrected chi connectivity index (χ1v) is 15.3. The number of hydrogen-bond acceptors (Lipinski definition) is 5. The van der Waals surface area contributed by atoms with Gasteiger partial charge in [0.15, 0.2) is 0 Å². The number of benzene rings is 3. The van der Waals surface area contributed by atoms with Crippen LogP contribution in [0.4, 0.5) is 9.18 Å². The minimum Gasteiger partial charge on any atom is -0.489 e. The number of para-hydroxylation sites is 1. The maximum Gasteiger partial charge on any atom is 0.408 e. The molecule has 7 heteroatoms. The van der Waals surface area contributed by atoms with Crippen molar-refractivity contribution >= 4 is 12.1 Å². The Labute approximate surface area is 262 Å². The molecule has 0 aliphatic heterocycles. The summed E-state index contributed by atoms with van der Waals surface area (Å²) in [6.45, 7) is 17.2. The van der Waals surface area contributed by atoms with Gasteiger partial charge in [0.2, 0.25) is 0 Å². The van der Waals surface area contributed by atoms with Crippen molar-refractivity contribution < 1.29 is 28.2 Å². The van der Waals surface area contributed by atoms with Crippen LogP contribution in [0.25, 0.3) is 11.1 Å². The molecule has 0 fully saturated rings. The molecule has 0 aliphatic carbocycles. The van der Waals surface area contributed by atoms with Crippen LogP contribution in [0.5, 0.6) is 5.75 Å². The van der Waals surface area contributed by atoms with Crippen LogP contribution in [0.3, 0.4) is 0 Å². The normalized spacial score (nSPS) is 12.5. The molecule has 0 unspecified atom stereocenters. The number of halogens is 1. The first kappa shape index (κ1) is 34.6. The number of nitrogens with one attached hydrogen (secondary N) is 1. The zero-order valence-corrected chi connectivity index (χ0v) is 27.7. The summed E-state index contributed by atoms with van der Waals surface area (Å²) in [6, 6.07) is 18.1. The van der Waals surface area contributed by atoms with E-state index in [1.807, 2.05) is 57.2 Å². The van der Waals surface area contributed by atoms with Gasteiger partial charge in [-0.15, -0.1) is 0 Å². The molecule has 0 radical (unpaired) electrons. The fraction of sp³-hybridized carbons (Fsp3) is 0.459. The summed E-state index contributed by atoms with van der Waals surface area (Å²) >= 11 is 0. The molecule has 0 spiro atoms. The first-order chi connectivity index (χ1) is 20.5. The molecule has 0 aliphatic rings. The Morgan fingerprint density at radius 3 is 2.16 bits per heavy atom. The predicted molar refractivity (Wildman–Crippen MR) is 173 cm³/mol. The number of esters is 1. The molecule has 0 saturated heterocycles. The third kappa shape index (κ3) is 11.0. The lowest BCUT2D eigenvalue weighted by atomic mass is 9.94. The summed E-state index contributed by atoms with van der Waals surface area (Å²) in [5.74, 6) is 0.393. The molecule has 238 valence electrons. The number of carbonyl (C=O) groups excluding carboxylic acids is 2. The van der Waals surface area contributed by atoms with E-state index in [0.29, 0.717) is 22.8 Å². The van der Waals surface area contributed by atoms with Gasteiger partial charge in [0, 0.05) is 16.7 Å². The fourth-order valence-electron chi connectivity index (χ4n) is 4.76. The quantitative estimate of drug-likeness (QED) is 0.221. The molecule has 3 aromatic rings. The van der Waals surface area contributed by atoms with Crippen molar-refractivity contribution in [3.8, 4) is 16.9 Å². The van der Waals surface area contributed by atoms with Gasteiger partial charge in [-0.2, -0.15) is 0 Å². The van der Waals surface area contributed by atoms with Gasteiger partial charge in [-0.05, 0) is 96.0 Å². The van der Waals surface area contributed by atoms with Gasteiger partial charge < -0.3 is 19.5 Å². The third-order valence-electron chi connectivity index (χ3n) is 6.72. The number of alkyl carbamates (subject to hydrolysis) is 1. The number of carbonyl (C=O) groups is 2. The summed E-state index contributed by atoms with van der Waals surface area (Å²) in [6.07, 6.45) is 1.32. The van der Waals surface area contributed by atoms with E-state index in [0.717, 1.165) is 35.1 Å². The minimum absolute atomic E-state index is 0.0979. The van der Waals surface area contributed by atoms with Crippen molar-refractivity contribution in [2.75, 3.05) is 0 Å². The summed E-state index contributed by atoms with van der Waals surface area (Å²) in [5, 5.41) is 2.74. The van der Waals surface area contributed by atoms with Gasteiger partial charge in [-0.3, -0.25) is 4.79 Å². The highest BCUT2D eigenvalue weighted by Crippen LogP contribution is 2.31. The van der Waals surface area contributed by atoms with E-state index in [4.69, 9.17) is 14.2 Å². The molecule has 3 aromatic carbocycles. The lowest BCUT2D eigenvalue weighted by Gasteiger charge is -2.22. The van der Waals surface area contributed by atoms with Crippen molar-refractivity contribution in [2.45, 2.75) is 105 Å². The van der Waals surface area contributed by atoms with E-state index >= 15 is 4.39 Å². The highest BCUT2D eigenvalue weighted by atomic mass is 19.1. The lowest BCUT2D eigenvalue weighted by Crippen LogP contribution is -2.34. The van der Waals surface area contributed by atoms with Crippen LogP contribution in [0.1, 0.15) is 97.0 Å². The van der Waals surface area contributed by atoms with Crippen LogP contribution in [0, 0.1) is 11.7 Å². The molecular weight excluding hydrogens is 557 g/mol. The van der Waals surface area contributed by atoms with Crippen LogP contribution in [0.2, 0.25) is 0 Å². The Morgan fingerprint density at radius 1 is 0.841 bits per heavy atom. The zero-order chi connectivity index (χ0) is 32.7.